The summed E-state index contributed by atoms with van der Waals surface area (Å²) in [5.74, 6) is 1.99. The van der Waals surface area contributed by atoms with Gasteiger partial charge in [0, 0.05) is 24.4 Å². The predicted molar refractivity (Wildman–Crippen MR) is 105 cm³/mol. The van der Waals surface area contributed by atoms with Crippen molar-refractivity contribution in [2.45, 2.75) is 39.2 Å². The minimum absolute atomic E-state index is 0.0259. The van der Waals surface area contributed by atoms with E-state index in [4.69, 9.17) is 9.47 Å². The molecule has 2 aliphatic rings. The molecule has 1 fully saturated rings. The fourth-order valence-corrected chi connectivity index (χ4v) is 4.13. The second-order valence-corrected chi connectivity index (χ2v) is 7.60. The fraction of sp³-hybridized carbons (Fsp3) is 0.429. The highest BCUT2D eigenvalue weighted by Gasteiger charge is 2.33. The summed E-state index contributed by atoms with van der Waals surface area (Å²) in [6, 6.07) is 7.86. The summed E-state index contributed by atoms with van der Waals surface area (Å²) >= 11 is 0. The van der Waals surface area contributed by atoms with E-state index >= 15 is 0 Å². The summed E-state index contributed by atoms with van der Waals surface area (Å²) in [4.78, 5) is 23.9. The lowest BCUT2D eigenvalue weighted by Crippen LogP contribution is -2.31. The third-order valence-corrected chi connectivity index (χ3v) is 5.48. The number of rotatable bonds is 2. The molecule has 5 rings (SSSR count). The molecule has 2 aromatic heterocycles. The number of likely N-dealkylation sites (tertiary alicyclic amines) is 1. The molecule has 1 saturated heterocycles. The van der Waals surface area contributed by atoms with Gasteiger partial charge in [0.25, 0.3) is 11.7 Å². The van der Waals surface area contributed by atoms with Crippen LogP contribution in [-0.4, -0.2) is 50.1 Å². The van der Waals surface area contributed by atoms with E-state index < -0.39 is 0 Å². The van der Waals surface area contributed by atoms with Crippen LogP contribution in [0, 0.1) is 13.8 Å². The Morgan fingerprint density at radius 1 is 1.07 bits per heavy atom. The second kappa shape index (κ2) is 7.02. The number of carbonyl (C=O) groups is 1. The van der Waals surface area contributed by atoms with Gasteiger partial charge in [-0.05, 0) is 50.5 Å². The maximum atomic E-state index is 13.2. The largest absolute Gasteiger partial charge is 0.490 e. The van der Waals surface area contributed by atoms with Gasteiger partial charge in [-0.15, -0.1) is 5.10 Å². The summed E-state index contributed by atoms with van der Waals surface area (Å²) in [6.07, 6.45) is 2.70. The van der Waals surface area contributed by atoms with Gasteiger partial charge in [-0.2, -0.15) is 4.98 Å². The van der Waals surface area contributed by atoms with Crippen LogP contribution >= 0.6 is 0 Å². The molecule has 1 amide bonds. The normalized spacial score (nSPS) is 18.8. The summed E-state index contributed by atoms with van der Waals surface area (Å²) in [5, 5.41) is 4.42. The highest BCUT2D eigenvalue weighted by molar-refractivity contribution is 5.91. The second-order valence-electron chi connectivity index (χ2n) is 7.60. The smallest absolute Gasteiger partial charge is 0.294 e. The van der Waals surface area contributed by atoms with Gasteiger partial charge in [0.2, 0.25) is 5.82 Å². The number of hydrogen-bond donors (Lipinski definition) is 0. The summed E-state index contributed by atoms with van der Waals surface area (Å²) in [6.45, 7) is 5.82. The summed E-state index contributed by atoms with van der Waals surface area (Å²) in [5.41, 5.74) is 2.81. The van der Waals surface area contributed by atoms with E-state index in [1.54, 1.807) is 4.52 Å². The topological polar surface area (TPSA) is 81.9 Å². The van der Waals surface area contributed by atoms with Crippen molar-refractivity contribution in [2.75, 3.05) is 19.8 Å². The molecule has 0 N–H and O–H groups in total. The molecular weight excluding hydrogens is 370 g/mol. The van der Waals surface area contributed by atoms with E-state index in [-0.39, 0.29) is 17.8 Å². The van der Waals surface area contributed by atoms with Crippen molar-refractivity contribution in [1.29, 1.82) is 0 Å². The molecule has 8 heteroatoms. The van der Waals surface area contributed by atoms with Crippen molar-refractivity contribution in [1.82, 2.24) is 24.5 Å². The number of ether oxygens (including phenoxy) is 2. The van der Waals surface area contributed by atoms with Crippen LogP contribution in [0.15, 0.2) is 24.3 Å². The number of hydrogen-bond acceptors (Lipinski definition) is 6. The van der Waals surface area contributed by atoms with Gasteiger partial charge in [0.15, 0.2) is 11.5 Å². The standard InChI is InChI=1S/C21H23N5O3/c1-13-11-14(2)26-21(22-13)23-19(24-26)20(27)25-8-3-5-16(25)15-6-7-17-18(12-15)29-10-4-9-28-17/h6-7,11-12,16H,3-5,8-10H2,1-2H3. The van der Waals surface area contributed by atoms with E-state index in [2.05, 4.69) is 15.1 Å². The molecule has 3 aromatic rings. The molecule has 0 radical (unpaired) electrons. The molecule has 1 aromatic carbocycles. The molecule has 0 bridgehead atoms. The van der Waals surface area contributed by atoms with Crippen LogP contribution in [0.2, 0.25) is 0 Å². The Morgan fingerprint density at radius 2 is 1.90 bits per heavy atom. The third-order valence-electron chi connectivity index (χ3n) is 5.48. The van der Waals surface area contributed by atoms with Crippen LogP contribution in [0.4, 0.5) is 0 Å². The maximum absolute atomic E-state index is 13.2. The van der Waals surface area contributed by atoms with E-state index in [9.17, 15) is 4.79 Å². The first-order chi connectivity index (χ1) is 14.1. The Labute approximate surface area is 168 Å². The minimum atomic E-state index is -0.165. The first kappa shape index (κ1) is 17.9. The average molecular weight is 393 g/mol. The van der Waals surface area contributed by atoms with Crippen molar-refractivity contribution < 1.29 is 14.3 Å². The van der Waals surface area contributed by atoms with Gasteiger partial charge in [-0.25, -0.2) is 9.50 Å². The van der Waals surface area contributed by atoms with Gasteiger partial charge in [-0.1, -0.05) is 6.07 Å². The molecule has 4 heterocycles. The van der Waals surface area contributed by atoms with Gasteiger partial charge in [-0.3, -0.25) is 4.79 Å². The van der Waals surface area contributed by atoms with E-state index in [1.165, 1.54) is 0 Å². The van der Waals surface area contributed by atoms with Crippen molar-refractivity contribution in [3.05, 3.63) is 47.0 Å². The van der Waals surface area contributed by atoms with Crippen LogP contribution in [0.25, 0.3) is 5.78 Å². The van der Waals surface area contributed by atoms with Crippen LogP contribution in [-0.2, 0) is 0 Å². The number of nitrogens with zero attached hydrogens (tertiary/aromatic N) is 5. The van der Waals surface area contributed by atoms with Gasteiger partial charge in [0.1, 0.15) is 0 Å². The Hall–Kier alpha value is -3.16. The van der Waals surface area contributed by atoms with E-state index in [1.807, 2.05) is 43.0 Å². The van der Waals surface area contributed by atoms with E-state index in [0.717, 1.165) is 47.7 Å². The van der Waals surface area contributed by atoms with Crippen molar-refractivity contribution in [3.8, 4) is 11.5 Å². The zero-order valence-corrected chi connectivity index (χ0v) is 16.6. The van der Waals surface area contributed by atoms with Gasteiger partial charge < -0.3 is 14.4 Å². The van der Waals surface area contributed by atoms with Crippen LogP contribution in [0.1, 0.15) is 52.9 Å². The lowest BCUT2D eigenvalue weighted by molar-refractivity contribution is 0.0723. The number of benzene rings is 1. The first-order valence-electron chi connectivity index (χ1n) is 10.0. The van der Waals surface area contributed by atoms with Crippen LogP contribution in [0.3, 0.4) is 0 Å². The molecule has 2 aliphatic heterocycles. The average Bonchev–Trinajstić information content (AvgIpc) is 3.29. The quantitative estimate of drug-likeness (QED) is 0.666. The summed E-state index contributed by atoms with van der Waals surface area (Å²) < 4.78 is 13.2. The van der Waals surface area contributed by atoms with Crippen molar-refractivity contribution >= 4 is 11.7 Å². The van der Waals surface area contributed by atoms with E-state index in [0.29, 0.717) is 25.5 Å². The monoisotopic (exact) mass is 393 g/mol. The Bertz CT molecular complexity index is 1090. The Morgan fingerprint density at radius 3 is 2.76 bits per heavy atom. The van der Waals surface area contributed by atoms with Crippen LogP contribution < -0.4 is 9.47 Å². The predicted octanol–water partition coefficient (Wildman–Crippen LogP) is 2.88. The lowest BCUT2D eigenvalue weighted by Gasteiger charge is -2.24. The molecule has 150 valence electrons. The maximum Gasteiger partial charge on any atom is 0.294 e. The highest BCUT2D eigenvalue weighted by atomic mass is 16.5. The molecule has 0 aliphatic carbocycles. The molecule has 1 atom stereocenters. The number of aromatic nitrogens is 4. The molecule has 1 unspecified atom stereocenters. The van der Waals surface area contributed by atoms with Crippen molar-refractivity contribution in [2.24, 2.45) is 0 Å². The Balaban J connectivity index is 1.46. The number of aryl methyl sites for hydroxylation is 2. The molecule has 0 spiro atoms. The molecule has 29 heavy (non-hydrogen) atoms. The number of carbonyl (C=O) groups excluding carboxylic acids is 1. The molecular formula is C21H23N5O3. The first-order valence-corrected chi connectivity index (χ1v) is 10.0. The zero-order chi connectivity index (χ0) is 20.0. The minimum Gasteiger partial charge on any atom is -0.490 e. The van der Waals surface area contributed by atoms with Gasteiger partial charge >= 0.3 is 0 Å². The molecule has 0 saturated carbocycles. The number of fused-ring (bicyclic) bond motifs is 2. The lowest BCUT2D eigenvalue weighted by atomic mass is 10.0. The van der Waals surface area contributed by atoms with Crippen molar-refractivity contribution in [3.63, 3.8) is 0 Å². The third kappa shape index (κ3) is 3.18. The molecule has 8 nitrogen and oxygen atoms in total. The zero-order valence-electron chi connectivity index (χ0n) is 16.6. The highest BCUT2D eigenvalue weighted by Crippen LogP contribution is 2.38. The SMILES string of the molecule is Cc1cc(C)n2nc(C(=O)N3CCCC3c3ccc4c(c3)OCCCO4)nc2n1. The fourth-order valence-electron chi connectivity index (χ4n) is 4.13. The van der Waals surface area contributed by atoms with Gasteiger partial charge in [0.05, 0.1) is 19.3 Å². The Kier molecular flexibility index (Phi) is 4.34. The number of amides is 1. The van der Waals surface area contributed by atoms with Crippen LogP contribution in [0.5, 0.6) is 11.5 Å². The summed E-state index contributed by atoms with van der Waals surface area (Å²) in [7, 11) is 0.